The predicted molar refractivity (Wildman–Crippen MR) is 138 cm³/mol. The highest BCUT2D eigenvalue weighted by Gasteiger charge is 2.31. The summed E-state index contributed by atoms with van der Waals surface area (Å²) < 4.78 is 37.1. The van der Waals surface area contributed by atoms with Crippen LogP contribution in [0, 0.1) is 10.5 Å². The average molecular weight is 580 g/mol. The molecule has 0 amide bonds. The smallest absolute Gasteiger partial charge is 0.243 e. The van der Waals surface area contributed by atoms with Crippen LogP contribution in [0.2, 0.25) is 0 Å². The molecule has 1 fully saturated rings. The number of fused-ring (bicyclic) bond motifs is 1. The summed E-state index contributed by atoms with van der Waals surface area (Å²) in [6.07, 6.45) is 4.51. The molecule has 1 aromatic heterocycles. The van der Waals surface area contributed by atoms with Crippen molar-refractivity contribution < 1.29 is 17.9 Å². The Hall–Kier alpha value is -1.91. The van der Waals surface area contributed by atoms with Crippen LogP contribution < -0.4 is 4.74 Å². The number of aromatic nitrogens is 1. The van der Waals surface area contributed by atoms with Crippen molar-refractivity contribution >= 4 is 49.8 Å². The van der Waals surface area contributed by atoms with Gasteiger partial charge in [0.05, 0.1) is 17.5 Å². The van der Waals surface area contributed by atoms with E-state index >= 15 is 0 Å². The second-order valence-corrected chi connectivity index (χ2v) is 12.0. The number of hydrogen-bond acceptors (Lipinski definition) is 4. The van der Waals surface area contributed by atoms with Gasteiger partial charge in [-0.05, 0) is 110 Å². The molecule has 0 aliphatic carbocycles. The van der Waals surface area contributed by atoms with Gasteiger partial charge < -0.3 is 14.1 Å². The first kappa shape index (κ1) is 24.2. The van der Waals surface area contributed by atoms with Crippen LogP contribution in [0.25, 0.3) is 10.9 Å². The molecule has 3 aromatic rings. The molecule has 2 aromatic carbocycles. The Morgan fingerprint density at radius 3 is 2.52 bits per heavy atom. The number of piperidine rings is 1. The van der Waals surface area contributed by atoms with E-state index in [4.69, 9.17) is 4.74 Å². The Kier molecular flexibility index (Phi) is 7.16. The number of hydrogen-bond donors (Lipinski definition) is 0. The highest BCUT2D eigenvalue weighted by atomic mass is 127. The van der Waals surface area contributed by atoms with E-state index in [-0.39, 0.29) is 12.0 Å². The van der Waals surface area contributed by atoms with Crippen molar-refractivity contribution in [2.45, 2.75) is 57.1 Å². The zero-order chi connectivity index (χ0) is 23.8. The number of ether oxygens (including phenoxy) is 1. The van der Waals surface area contributed by atoms with E-state index in [9.17, 15) is 13.2 Å². The Morgan fingerprint density at radius 1 is 1.15 bits per heavy atom. The quantitative estimate of drug-likeness (QED) is 0.288. The van der Waals surface area contributed by atoms with E-state index < -0.39 is 10.0 Å². The van der Waals surface area contributed by atoms with Crippen molar-refractivity contribution in [3.63, 3.8) is 0 Å². The van der Waals surface area contributed by atoms with Gasteiger partial charge in [-0.2, -0.15) is 4.31 Å². The lowest BCUT2D eigenvalue weighted by molar-refractivity contribution is -0.108. The molecule has 6 nitrogen and oxygen atoms in total. The summed E-state index contributed by atoms with van der Waals surface area (Å²) >= 11 is 2.30. The minimum Gasteiger partial charge on any atom is -0.491 e. The van der Waals surface area contributed by atoms with E-state index in [0.717, 1.165) is 39.2 Å². The van der Waals surface area contributed by atoms with Gasteiger partial charge >= 0.3 is 0 Å². The van der Waals surface area contributed by atoms with Gasteiger partial charge in [0.2, 0.25) is 10.0 Å². The molecule has 2 heterocycles. The number of carbonyl (C=O) groups excluding carboxylic acids is 1. The van der Waals surface area contributed by atoms with E-state index in [0.29, 0.717) is 30.3 Å². The molecule has 176 valence electrons. The van der Waals surface area contributed by atoms with Crippen molar-refractivity contribution in [2.24, 2.45) is 0 Å². The lowest BCUT2D eigenvalue weighted by Crippen LogP contribution is -2.37. The van der Waals surface area contributed by atoms with Gasteiger partial charge in [0.1, 0.15) is 12.0 Å². The fraction of sp³-hybridized carbons (Fsp3) is 0.400. The second kappa shape index (κ2) is 9.76. The number of sulfonamides is 1. The summed E-state index contributed by atoms with van der Waals surface area (Å²) in [7, 11) is -3.56. The molecule has 33 heavy (non-hydrogen) atoms. The first-order valence-electron chi connectivity index (χ1n) is 11.2. The number of carbonyl (C=O) groups is 1. The maximum absolute atomic E-state index is 13.3. The summed E-state index contributed by atoms with van der Waals surface area (Å²) in [5, 5.41) is 1.15. The second-order valence-electron chi connectivity index (χ2n) is 8.84. The molecule has 1 saturated heterocycles. The zero-order valence-corrected chi connectivity index (χ0v) is 22.1. The number of aldehydes is 1. The molecule has 0 bridgehead atoms. The minimum absolute atomic E-state index is 0.0333. The minimum atomic E-state index is -3.56. The number of benzene rings is 2. The Labute approximate surface area is 209 Å². The predicted octanol–water partition coefficient (Wildman–Crippen LogP) is 5.11. The molecular weight excluding hydrogens is 551 g/mol. The maximum Gasteiger partial charge on any atom is 0.243 e. The van der Waals surface area contributed by atoms with Gasteiger partial charge in [-0.15, -0.1) is 0 Å². The first-order chi connectivity index (χ1) is 15.7. The van der Waals surface area contributed by atoms with Crippen LogP contribution in [-0.2, 0) is 21.4 Å². The van der Waals surface area contributed by atoms with Gasteiger partial charge in [-0.25, -0.2) is 8.42 Å². The van der Waals surface area contributed by atoms with Gasteiger partial charge in [0.25, 0.3) is 0 Å². The summed E-state index contributed by atoms with van der Waals surface area (Å²) in [6, 6.07) is 11.3. The SMILES string of the molecule is Cc1cc(S(=O)(=O)N2CCC(c3cn(CC=O)c4ccc(I)cc34)CC2)ccc1OC(C)C. The summed E-state index contributed by atoms with van der Waals surface area (Å²) in [4.78, 5) is 11.5. The molecule has 4 rings (SSSR count). The van der Waals surface area contributed by atoms with Gasteiger partial charge in [-0.1, -0.05) is 0 Å². The molecule has 1 aliphatic heterocycles. The van der Waals surface area contributed by atoms with Crippen LogP contribution in [0.4, 0.5) is 0 Å². The Morgan fingerprint density at radius 2 is 1.88 bits per heavy atom. The lowest BCUT2D eigenvalue weighted by Gasteiger charge is -2.31. The van der Waals surface area contributed by atoms with E-state index in [1.165, 1.54) is 5.56 Å². The van der Waals surface area contributed by atoms with Crippen LogP contribution in [0.1, 0.15) is 43.7 Å². The van der Waals surface area contributed by atoms with Gasteiger partial charge in [0.15, 0.2) is 0 Å². The Balaban J connectivity index is 1.54. The van der Waals surface area contributed by atoms with Crippen molar-refractivity contribution in [3.8, 4) is 5.75 Å². The van der Waals surface area contributed by atoms with E-state index in [1.807, 2.05) is 31.4 Å². The zero-order valence-electron chi connectivity index (χ0n) is 19.1. The third kappa shape index (κ3) is 4.97. The lowest BCUT2D eigenvalue weighted by atomic mass is 9.90. The van der Waals surface area contributed by atoms with Crippen LogP contribution in [0.15, 0.2) is 47.5 Å². The number of halogens is 1. The van der Waals surface area contributed by atoms with Crippen molar-refractivity contribution in [1.29, 1.82) is 0 Å². The fourth-order valence-corrected chi connectivity index (χ4v) is 6.62. The largest absolute Gasteiger partial charge is 0.491 e. The molecule has 0 unspecified atom stereocenters. The normalized spacial score (nSPS) is 15.9. The fourth-order valence-electron chi connectivity index (χ4n) is 4.58. The number of aryl methyl sites for hydroxylation is 1. The summed E-state index contributed by atoms with van der Waals surface area (Å²) in [6.45, 7) is 7.04. The van der Waals surface area contributed by atoms with Crippen LogP contribution >= 0.6 is 22.6 Å². The molecular formula is C25H29IN2O4S. The van der Waals surface area contributed by atoms with Crippen LogP contribution in [0.5, 0.6) is 5.75 Å². The molecule has 8 heteroatoms. The topological polar surface area (TPSA) is 68.6 Å². The average Bonchev–Trinajstić information content (AvgIpc) is 3.12. The summed E-state index contributed by atoms with van der Waals surface area (Å²) in [5.41, 5.74) is 3.07. The van der Waals surface area contributed by atoms with Gasteiger partial charge in [0, 0.05) is 33.8 Å². The third-order valence-corrected chi connectivity index (χ3v) is 8.75. The standard InChI is InChI=1S/C25H29IN2O4S/c1-17(2)32-25-7-5-21(14-18(25)3)33(30,31)28-10-8-19(9-11-28)23-16-27(12-13-29)24-6-4-20(26)15-22(23)24/h4-7,13-17,19H,8-12H2,1-3H3. The molecule has 0 N–H and O–H groups in total. The van der Waals surface area contributed by atoms with E-state index in [2.05, 4.69) is 40.9 Å². The van der Waals surface area contributed by atoms with Crippen molar-refractivity contribution in [1.82, 2.24) is 8.87 Å². The Bertz CT molecular complexity index is 1280. The van der Waals surface area contributed by atoms with Crippen LogP contribution in [0.3, 0.4) is 0 Å². The highest BCUT2D eigenvalue weighted by Crippen LogP contribution is 2.36. The highest BCUT2D eigenvalue weighted by molar-refractivity contribution is 14.1. The van der Waals surface area contributed by atoms with Crippen LogP contribution in [-0.4, -0.2) is 42.8 Å². The summed E-state index contributed by atoms with van der Waals surface area (Å²) in [5.74, 6) is 0.970. The van der Waals surface area contributed by atoms with Gasteiger partial charge in [-0.3, -0.25) is 0 Å². The maximum atomic E-state index is 13.3. The van der Waals surface area contributed by atoms with Crippen molar-refractivity contribution in [2.75, 3.05) is 13.1 Å². The number of rotatable bonds is 7. The molecule has 0 saturated carbocycles. The first-order valence-corrected chi connectivity index (χ1v) is 13.7. The monoisotopic (exact) mass is 580 g/mol. The molecule has 0 atom stereocenters. The molecule has 1 aliphatic rings. The van der Waals surface area contributed by atoms with E-state index in [1.54, 1.807) is 22.5 Å². The molecule has 0 spiro atoms. The van der Waals surface area contributed by atoms with Crippen molar-refractivity contribution in [3.05, 3.63) is 57.3 Å². The third-order valence-electron chi connectivity index (χ3n) is 6.19. The molecule has 0 radical (unpaired) electrons. The number of nitrogens with zero attached hydrogens (tertiary/aromatic N) is 2.